The Morgan fingerprint density at radius 2 is 2.12 bits per heavy atom. The molecule has 0 atom stereocenters. The first-order valence-corrected chi connectivity index (χ1v) is 4.78. The van der Waals surface area contributed by atoms with E-state index in [1.807, 2.05) is 0 Å². The van der Waals surface area contributed by atoms with Gasteiger partial charge in [-0.25, -0.2) is 4.98 Å². The summed E-state index contributed by atoms with van der Waals surface area (Å²) in [5.41, 5.74) is 11.0. The Morgan fingerprint density at radius 3 is 2.76 bits per heavy atom. The Morgan fingerprint density at radius 1 is 1.35 bits per heavy atom. The average molecular weight is 230 g/mol. The largest absolute Gasteiger partial charge is 0.506 e. The molecule has 17 heavy (non-hydrogen) atoms. The second-order valence-electron chi connectivity index (χ2n) is 3.43. The van der Waals surface area contributed by atoms with Gasteiger partial charge in [-0.05, 0) is 12.1 Å². The predicted octanol–water partition coefficient (Wildman–Crippen LogP) is 0.658. The van der Waals surface area contributed by atoms with Crippen LogP contribution in [-0.2, 0) is 0 Å². The van der Waals surface area contributed by atoms with E-state index in [-0.39, 0.29) is 17.5 Å². The number of carbonyl (C=O) groups is 1. The molecule has 0 aliphatic carbocycles. The highest BCUT2D eigenvalue weighted by molar-refractivity contribution is 5.99. The van der Waals surface area contributed by atoms with Crippen LogP contribution in [0.15, 0.2) is 29.4 Å². The zero-order chi connectivity index (χ0) is 12.4. The van der Waals surface area contributed by atoms with E-state index in [1.165, 1.54) is 6.20 Å². The van der Waals surface area contributed by atoms with Crippen LogP contribution in [0.3, 0.4) is 0 Å². The highest BCUT2D eigenvalue weighted by atomic mass is 16.3. The second-order valence-corrected chi connectivity index (χ2v) is 3.43. The molecule has 0 bridgehead atoms. The molecule has 0 aliphatic rings. The van der Waals surface area contributed by atoms with Gasteiger partial charge >= 0.3 is 0 Å². The van der Waals surface area contributed by atoms with E-state index < -0.39 is 0 Å². The van der Waals surface area contributed by atoms with Gasteiger partial charge in [0.1, 0.15) is 12.0 Å². The van der Waals surface area contributed by atoms with Gasteiger partial charge in [-0.3, -0.25) is 4.79 Å². The van der Waals surface area contributed by atoms with Gasteiger partial charge in [-0.15, -0.1) is 0 Å². The summed E-state index contributed by atoms with van der Waals surface area (Å²) in [6.07, 6.45) is 1.95. The molecule has 0 spiro atoms. The van der Waals surface area contributed by atoms with Gasteiger partial charge in [0.25, 0.3) is 0 Å². The van der Waals surface area contributed by atoms with Crippen LogP contribution in [0, 0.1) is 0 Å². The highest BCUT2D eigenvalue weighted by Crippen LogP contribution is 2.30. The molecule has 2 rings (SSSR count). The molecule has 0 saturated carbocycles. The van der Waals surface area contributed by atoms with Crippen molar-refractivity contribution in [3.05, 3.63) is 30.0 Å². The lowest BCUT2D eigenvalue weighted by Gasteiger charge is -2.04. The lowest BCUT2D eigenvalue weighted by Crippen LogP contribution is -2.22. The summed E-state index contributed by atoms with van der Waals surface area (Å²) in [5.74, 6) is 0.134. The molecule has 86 valence electrons. The molecule has 0 unspecified atom stereocenters. The Labute approximate surface area is 96.6 Å². The smallest absolute Gasteiger partial charge is 0.192 e. The fourth-order valence-corrected chi connectivity index (χ4v) is 1.52. The summed E-state index contributed by atoms with van der Waals surface area (Å²) in [7, 11) is 0. The molecule has 0 aliphatic heterocycles. The first kappa shape index (κ1) is 10.9. The number of nitrogens with zero attached hydrogens (tertiary/aromatic N) is 2. The van der Waals surface area contributed by atoms with E-state index in [4.69, 9.17) is 11.5 Å². The van der Waals surface area contributed by atoms with Gasteiger partial charge in [0.05, 0.1) is 6.20 Å². The summed E-state index contributed by atoms with van der Waals surface area (Å²) in [6, 6.07) is 4.77. The number of aldehydes is 1. The molecule has 0 amide bonds. The van der Waals surface area contributed by atoms with Crippen molar-refractivity contribution in [1.29, 1.82) is 0 Å². The Balaban J connectivity index is 2.80. The second kappa shape index (κ2) is 4.09. The third-order valence-electron chi connectivity index (χ3n) is 2.24. The van der Waals surface area contributed by atoms with E-state index in [1.54, 1.807) is 18.2 Å². The van der Waals surface area contributed by atoms with Gasteiger partial charge < -0.3 is 16.6 Å². The predicted molar refractivity (Wildman–Crippen MR) is 64.3 cm³/mol. The molecule has 0 saturated heterocycles. The summed E-state index contributed by atoms with van der Waals surface area (Å²) in [6.45, 7) is 0. The summed E-state index contributed by atoms with van der Waals surface area (Å²) < 4.78 is 0. The van der Waals surface area contributed by atoms with E-state index in [9.17, 15) is 9.90 Å². The van der Waals surface area contributed by atoms with Crippen LogP contribution in [-0.4, -0.2) is 22.3 Å². The Bertz CT molecular complexity index is 618. The molecule has 1 aromatic carbocycles. The molecule has 1 aromatic heterocycles. The number of carbonyl (C=O) groups excluding carboxylic acids is 1. The van der Waals surface area contributed by atoms with Crippen molar-refractivity contribution < 1.29 is 9.90 Å². The number of rotatable bonds is 2. The monoisotopic (exact) mass is 230 g/mol. The summed E-state index contributed by atoms with van der Waals surface area (Å²) in [5, 5.41) is 10.7. The molecular formula is C11H10N4O2. The number of aliphatic imine (C=N–C) groups is 1. The van der Waals surface area contributed by atoms with Crippen LogP contribution in [0.5, 0.6) is 5.75 Å². The van der Waals surface area contributed by atoms with Crippen molar-refractivity contribution in [1.82, 2.24) is 4.98 Å². The van der Waals surface area contributed by atoms with E-state index >= 15 is 0 Å². The number of nitrogens with two attached hydrogens (primary N) is 2. The SMILES string of the molecule is NC(N)=Nc1ncc(O)c2ccc(C=O)cc12. The number of hydrogen-bond donors (Lipinski definition) is 3. The lowest BCUT2D eigenvalue weighted by molar-refractivity contribution is 0.112. The van der Waals surface area contributed by atoms with E-state index in [0.717, 1.165) is 0 Å². The fourth-order valence-electron chi connectivity index (χ4n) is 1.52. The summed E-state index contributed by atoms with van der Waals surface area (Å²) in [4.78, 5) is 18.4. The van der Waals surface area contributed by atoms with Crippen LogP contribution in [0.4, 0.5) is 5.82 Å². The molecule has 0 fully saturated rings. The number of guanidine groups is 1. The summed E-state index contributed by atoms with van der Waals surface area (Å²) >= 11 is 0. The van der Waals surface area contributed by atoms with Crippen LogP contribution in [0.2, 0.25) is 0 Å². The molecule has 1 heterocycles. The van der Waals surface area contributed by atoms with Crippen molar-refractivity contribution in [2.45, 2.75) is 0 Å². The molecule has 6 nitrogen and oxygen atoms in total. The molecular weight excluding hydrogens is 220 g/mol. The number of pyridine rings is 1. The third kappa shape index (κ3) is 2.00. The molecule has 2 aromatic rings. The van der Waals surface area contributed by atoms with Gasteiger partial charge in [-0.1, -0.05) is 6.07 Å². The number of benzene rings is 1. The van der Waals surface area contributed by atoms with Crippen LogP contribution >= 0.6 is 0 Å². The standard InChI is InChI=1S/C11H10N4O2/c12-11(13)15-10-8-3-6(5-16)1-2-7(8)9(17)4-14-10/h1-5,17H,(H4,12,13,14,15). The Kier molecular flexibility index (Phi) is 2.61. The first-order valence-electron chi connectivity index (χ1n) is 4.78. The number of aromatic nitrogens is 1. The first-order chi connectivity index (χ1) is 8.11. The average Bonchev–Trinajstić information content (AvgIpc) is 2.32. The maximum Gasteiger partial charge on any atom is 0.192 e. The maximum atomic E-state index is 10.7. The zero-order valence-electron chi connectivity index (χ0n) is 8.79. The zero-order valence-corrected chi connectivity index (χ0v) is 8.79. The lowest BCUT2D eigenvalue weighted by atomic mass is 10.1. The van der Waals surface area contributed by atoms with E-state index in [0.29, 0.717) is 22.6 Å². The van der Waals surface area contributed by atoms with Crippen LogP contribution in [0.1, 0.15) is 10.4 Å². The molecule has 5 N–H and O–H groups in total. The molecule has 6 heteroatoms. The van der Waals surface area contributed by atoms with Crippen molar-refractivity contribution in [2.24, 2.45) is 16.5 Å². The van der Waals surface area contributed by atoms with Gasteiger partial charge in [0.2, 0.25) is 0 Å². The number of hydrogen-bond acceptors (Lipinski definition) is 4. The maximum absolute atomic E-state index is 10.7. The minimum Gasteiger partial charge on any atom is -0.506 e. The fraction of sp³-hybridized carbons (Fsp3) is 0. The normalized spacial score (nSPS) is 10.1. The quantitative estimate of drug-likeness (QED) is 0.398. The van der Waals surface area contributed by atoms with Crippen molar-refractivity contribution in [3.8, 4) is 5.75 Å². The van der Waals surface area contributed by atoms with Gasteiger partial charge in [0.15, 0.2) is 11.8 Å². The number of aromatic hydroxyl groups is 1. The van der Waals surface area contributed by atoms with Gasteiger partial charge in [0, 0.05) is 16.3 Å². The third-order valence-corrected chi connectivity index (χ3v) is 2.24. The van der Waals surface area contributed by atoms with Crippen molar-refractivity contribution >= 4 is 28.8 Å². The minimum atomic E-state index is -0.138. The van der Waals surface area contributed by atoms with Crippen LogP contribution in [0.25, 0.3) is 10.8 Å². The van der Waals surface area contributed by atoms with Crippen molar-refractivity contribution in [3.63, 3.8) is 0 Å². The van der Waals surface area contributed by atoms with Crippen molar-refractivity contribution in [2.75, 3.05) is 0 Å². The van der Waals surface area contributed by atoms with Crippen LogP contribution < -0.4 is 11.5 Å². The minimum absolute atomic E-state index is 0.00647. The van der Waals surface area contributed by atoms with Gasteiger partial charge in [-0.2, -0.15) is 4.99 Å². The highest BCUT2D eigenvalue weighted by Gasteiger charge is 2.07. The topological polar surface area (TPSA) is 115 Å². The molecule has 0 radical (unpaired) electrons. The van der Waals surface area contributed by atoms with E-state index in [2.05, 4.69) is 9.98 Å². The Hall–Kier alpha value is -2.63. The number of fused-ring (bicyclic) bond motifs is 1.